The molecule has 34 heavy (non-hydrogen) atoms. The molecule has 2 atom stereocenters. The molecule has 1 aliphatic heterocycles. The number of carboxylic acids is 1. The summed E-state index contributed by atoms with van der Waals surface area (Å²) in [7, 11) is 0. The fourth-order valence-electron chi connectivity index (χ4n) is 4.66. The molecule has 2 aromatic carbocycles. The van der Waals surface area contributed by atoms with Gasteiger partial charge in [-0.25, -0.2) is 9.59 Å². The summed E-state index contributed by atoms with van der Waals surface area (Å²) < 4.78 is 10.9. The number of nitrogens with zero attached hydrogens (tertiary/aromatic N) is 1. The minimum atomic E-state index is -1.09. The Balaban J connectivity index is 1.38. The fraction of sp³-hybridized carbons (Fsp3) is 0.423. The molecule has 2 aromatic rings. The summed E-state index contributed by atoms with van der Waals surface area (Å²) in [6.07, 6.45) is -0.928. The Kier molecular flexibility index (Phi) is 6.50. The lowest BCUT2D eigenvalue weighted by molar-refractivity contribution is -0.144. The fourth-order valence-corrected chi connectivity index (χ4v) is 4.66. The molecule has 2 N–H and O–H groups in total. The summed E-state index contributed by atoms with van der Waals surface area (Å²) in [5.74, 6) is -2.12. The van der Waals surface area contributed by atoms with Gasteiger partial charge in [-0.2, -0.15) is 0 Å². The number of nitrogens with one attached hydrogen (secondary N) is 1. The average Bonchev–Trinajstić information content (AvgIpc) is 3.10. The van der Waals surface area contributed by atoms with Crippen molar-refractivity contribution in [2.45, 2.75) is 44.8 Å². The molecule has 0 radical (unpaired) electrons. The quantitative estimate of drug-likeness (QED) is 0.699. The van der Waals surface area contributed by atoms with Crippen molar-refractivity contribution >= 4 is 18.2 Å². The number of fused-ring (bicyclic) bond motifs is 3. The van der Waals surface area contributed by atoms with Gasteiger partial charge in [0.15, 0.2) is 0 Å². The summed E-state index contributed by atoms with van der Waals surface area (Å²) in [5, 5.41) is 12.4. The van der Waals surface area contributed by atoms with E-state index in [0.717, 1.165) is 22.3 Å². The molecule has 0 unspecified atom stereocenters. The second-order valence-corrected chi connectivity index (χ2v) is 9.74. The van der Waals surface area contributed by atoms with Crippen LogP contribution >= 0.6 is 0 Å². The van der Waals surface area contributed by atoms with Crippen LogP contribution in [0.3, 0.4) is 0 Å². The number of hydrogen-bond donors (Lipinski definition) is 2. The van der Waals surface area contributed by atoms with Crippen molar-refractivity contribution in [3.8, 4) is 11.1 Å². The monoisotopic (exact) mass is 466 g/mol. The van der Waals surface area contributed by atoms with Gasteiger partial charge in [-0.1, -0.05) is 48.5 Å². The highest BCUT2D eigenvalue weighted by atomic mass is 16.6. The minimum absolute atomic E-state index is 0.0431. The van der Waals surface area contributed by atoms with Crippen LogP contribution in [0.25, 0.3) is 11.1 Å². The molecular formula is C26H30N2O6. The SMILES string of the molecule is CC(C)(C)OC(=O)N1CC[C@H](NC(=O)OCC2c3ccccc3-c3ccccc32)[C@@H](C(=O)O)C1. The third-order valence-corrected chi connectivity index (χ3v) is 6.23. The molecule has 8 nitrogen and oxygen atoms in total. The Labute approximate surface area is 198 Å². The zero-order chi connectivity index (χ0) is 24.5. The van der Waals surface area contributed by atoms with Crippen LogP contribution in [0.5, 0.6) is 0 Å². The van der Waals surface area contributed by atoms with Gasteiger partial charge in [-0.3, -0.25) is 4.79 Å². The first-order valence-corrected chi connectivity index (χ1v) is 11.5. The van der Waals surface area contributed by atoms with Crippen LogP contribution in [0, 0.1) is 5.92 Å². The lowest BCUT2D eigenvalue weighted by Gasteiger charge is -2.37. The van der Waals surface area contributed by atoms with E-state index >= 15 is 0 Å². The van der Waals surface area contributed by atoms with Gasteiger partial charge >= 0.3 is 18.2 Å². The Bertz CT molecular complexity index is 1050. The van der Waals surface area contributed by atoms with E-state index in [-0.39, 0.29) is 25.6 Å². The first kappa shape index (κ1) is 23.6. The van der Waals surface area contributed by atoms with Crippen LogP contribution in [0.4, 0.5) is 9.59 Å². The van der Waals surface area contributed by atoms with Crippen LogP contribution in [0.2, 0.25) is 0 Å². The van der Waals surface area contributed by atoms with E-state index in [0.29, 0.717) is 6.42 Å². The summed E-state index contributed by atoms with van der Waals surface area (Å²) in [4.78, 5) is 38.2. The molecule has 1 aliphatic carbocycles. The molecule has 8 heteroatoms. The number of benzene rings is 2. The Morgan fingerprint density at radius 2 is 1.62 bits per heavy atom. The van der Waals surface area contributed by atoms with Gasteiger partial charge in [-0.15, -0.1) is 0 Å². The van der Waals surface area contributed by atoms with Crippen LogP contribution in [-0.4, -0.2) is 59.5 Å². The predicted molar refractivity (Wildman–Crippen MR) is 126 cm³/mol. The zero-order valence-electron chi connectivity index (χ0n) is 19.6. The molecule has 0 aromatic heterocycles. The number of likely N-dealkylation sites (tertiary alicyclic amines) is 1. The molecule has 2 amide bonds. The Morgan fingerprint density at radius 3 is 2.18 bits per heavy atom. The number of carbonyl (C=O) groups excluding carboxylic acids is 2. The molecule has 0 bridgehead atoms. The second kappa shape index (κ2) is 9.37. The molecule has 180 valence electrons. The highest BCUT2D eigenvalue weighted by Gasteiger charge is 2.39. The average molecular weight is 467 g/mol. The van der Waals surface area contributed by atoms with E-state index in [1.54, 1.807) is 20.8 Å². The van der Waals surface area contributed by atoms with Gasteiger partial charge in [0, 0.05) is 25.0 Å². The lowest BCUT2D eigenvalue weighted by Crippen LogP contribution is -2.55. The number of carboxylic acid groups (broad SMARTS) is 1. The molecular weight excluding hydrogens is 436 g/mol. The summed E-state index contributed by atoms with van der Waals surface area (Å²) in [6.45, 7) is 5.65. The van der Waals surface area contributed by atoms with E-state index in [1.807, 2.05) is 36.4 Å². The maximum absolute atomic E-state index is 12.6. The Hall–Kier alpha value is -3.55. The van der Waals surface area contributed by atoms with E-state index in [1.165, 1.54) is 4.90 Å². The van der Waals surface area contributed by atoms with Crippen molar-refractivity contribution in [2.24, 2.45) is 5.92 Å². The number of carbonyl (C=O) groups is 3. The standard InChI is InChI=1S/C26H30N2O6/c1-26(2,3)34-25(32)28-13-12-22(20(14-28)23(29)30)27-24(31)33-15-21-18-10-6-4-8-16(18)17-9-5-7-11-19(17)21/h4-11,20-22H,12-15H2,1-3H3,(H,27,31)(H,29,30)/t20-,22-/m0/s1. The van der Waals surface area contributed by atoms with Gasteiger partial charge in [-0.05, 0) is 49.4 Å². The highest BCUT2D eigenvalue weighted by Crippen LogP contribution is 2.44. The van der Waals surface area contributed by atoms with Gasteiger partial charge < -0.3 is 24.8 Å². The van der Waals surface area contributed by atoms with E-state index in [9.17, 15) is 19.5 Å². The highest BCUT2D eigenvalue weighted by molar-refractivity contribution is 5.79. The van der Waals surface area contributed by atoms with Gasteiger partial charge in [0.1, 0.15) is 12.2 Å². The van der Waals surface area contributed by atoms with Gasteiger partial charge in [0.25, 0.3) is 0 Å². The number of rotatable bonds is 4. The van der Waals surface area contributed by atoms with E-state index < -0.39 is 35.7 Å². The molecule has 1 heterocycles. The van der Waals surface area contributed by atoms with Crippen molar-refractivity contribution in [2.75, 3.05) is 19.7 Å². The normalized spacial score (nSPS) is 19.7. The van der Waals surface area contributed by atoms with E-state index in [2.05, 4.69) is 17.4 Å². The summed E-state index contributed by atoms with van der Waals surface area (Å²) in [5.41, 5.74) is 3.79. The van der Waals surface area contributed by atoms with Crippen LogP contribution in [0.1, 0.15) is 44.2 Å². The molecule has 0 saturated carbocycles. The topological polar surface area (TPSA) is 105 Å². The summed E-state index contributed by atoms with van der Waals surface area (Å²) >= 11 is 0. The first-order chi connectivity index (χ1) is 16.1. The number of alkyl carbamates (subject to hydrolysis) is 1. The third kappa shape index (κ3) is 5.00. The van der Waals surface area contributed by atoms with Crippen molar-refractivity contribution in [1.82, 2.24) is 10.2 Å². The molecule has 2 aliphatic rings. The van der Waals surface area contributed by atoms with Crippen LogP contribution in [-0.2, 0) is 14.3 Å². The number of hydrogen-bond acceptors (Lipinski definition) is 5. The molecule has 4 rings (SSSR count). The van der Waals surface area contributed by atoms with Crippen molar-refractivity contribution in [3.05, 3.63) is 59.7 Å². The molecule has 1 saturated heterocycles. The number of aliphatic carboxylic acids is 1. The largest absolute Gasteiger partial charge is 0.481 e. The zero-order valence-corrected chi connectivity index (χ0v) is 19.6. The first-order valence-electron chi connectivity index (χ1n) is 11.5. The second-order valence-electron chi connectivity index (χ2n) is 9.74. The summed E-state index contributed by atoms with van der Waals surface area (Å²) in [6, 6.07) is 15.5. The maximum atomic E-state index is 12.6. The number of piperidine rings is 1. The van der Waals surface area contributed by atoms with Crippen LogP contribution < -0.4 is 5.32 Å². The molecule has 1 fully saturated rings. The van der Waals surface area contributed by atoms with Crippen LogP contribution in [0.15, 0.2) is 48.5 Å². The minimum Gasteiger partial charge on any atom is -0.481 e. The van der Waals surface area contributed by atoms with Crippen molar-refractivity contribution in [1.29, 1.82) is 0 Å². The smallest absolute Gasteiger partial charge is 0.410 e. The van der Waals surface area contributed by atoms with Gasteiger partial charge in [0.2, 0.25) is 0 Å². The molecule has 0 spiro atoms. The van der Waals surface area contributed by atoms with Crippen molar-refractivity contribution < 1.29 is 29.0 Å². The number of amides is 2. The number of ether oxygens (including phenoxy) is 2. The third-order valence-electron chi connectivity index (χ3n) is 6.23. The predicted octanol–water partition coefficient (Wildman–Crippen LogP) is 4.24. The van der Waals surface area contributed by atoms with Gasteiger partial charge in [0.05, 0.1) is 5.92 Å². The van der Waals surface area contributed by atoms with Crippen molar-refractivity contribution in [3.63, 3.8) is 0 Å². The lowest BCUT2D eigenvalue weighted by atomic mass is 9.92. The van der Waals surface area contributed by atoms with E-state index in [4.69, 9.17) is 9.47 Å². The maximum Gasteiger partial charge on any atom is 0.410 e. The Morgan fingerprint density at radius 1 is 1.03 bits per heavy atom.